The second kappa shape index (κ2) is 10.9. The molecule has 3 heterocycles. The maximum atomic E-state index is 13.8. The van der Waals surface area contributed by atoms with E-state index in [9.17, 15) is 14.4 Å². The molecule has 0 amide bonds. The summed E-state index contributed by atoms with van der Waals surface area (Å²) >= 11 is 1.31. The van der Waals surface area contributed by atoms with Gasteiger partial charge < -0.3 is 4.74 Å². The van der Waals surface area contributed by atoms with Crippen LogP contribution in [0.3, 0.4) is 0 Å². The first-order valence-electron chi connectivity index (χ1n) is 13.0. The van der Waals surface area contributed by atoms with E-state index < -0.39 is 5.76 Å². The second-order valence-corrected chi connectivity index (χ2v) is 10.6. The topological polar surface area (TPSA) is 112 Å². The van der Waals surface area contributed by atoms with Crippen molar-refractivity contribution in [2.24, 2.45) is 0 Å². The van der Waals surface area contributed by atoms with Crippen molar-refractivity contribution in [1.29, 1.82) is 0 Å². The summed E-state index contributed by atoms with van der Waals surface area (Å²) in [6, 6.07) is 25.2. The second-order valence-electron chi connectivity index (χ2n) is 9.65. The Morgan fingerprint density at radius 2 is 1.59 bits per heavy atom. The third kappa shape index (κ3) is 4.93. The normalized spacial score (nSPS) is 11.3. The van der Waals surface area contributed by atoms with Gasteiger partial charge in [-0.3, -0.25) is 23.4 Å². The number of benzene rings is 3. The molecule has 1 N–H and O–H groups in total. The quantitative estimate of drug-likeness (QED) is 0.282. The number of nitrogens with zero attached hydrogens (tertiary/aromatic N) is 3. The highest BCUT2D eigenvalue weighted by Gasteiger charge is 2.21. The molecule has 6 aromatic rings. The fourth-order valence-electron chi connectivity index (χ4n) is 5.05. The summed E-state index contributed by atoms with van der Waals surface area (Å²) in [4.78, 5) is 42.0. The SMILES string of the molecule is COc1sc2c(c1C)c(=O)n(CCc1ccccc1)c(=O)n2Cc1ccc(-c2ccccc2-c2noc(=O)[nH]2)cc1. The van der Waals surface area contributed by atoms with Gasteiger partial charge in [0.25, 0.3) is 5.56 Å². The van der Waals surface area contributed by atoms with Crippen molar-refractivity contribution in [3.63, 3.8) is 0 Å². The third-order valence-electron chi connectivity index (χ3n) is 7.13. The van der Waals surface area contributed by atoms with Crippen LogP contribution in [0, 0.1) is 6.92 Å². The molecule has 3 aromatic carbocycles. The number of thiophene rings is 1. The molecule has 0 aliphatic carbocycles. The number of H-pyrrole nitrogens is 1. The number of aromatic nitrogens is 4. The first-order chi connectivity index (χ1) is 19.9. The number of methoxy groups -OCH3 is 1. The van der Waals surface area contributed by atoms with Gasteiger partial charge >= 0.3 is 11.4 Å². The lowest BCUT2D eigenvalue weighted by Gasteiger charge is -2.13. The van der Waals surface area contributed by atoms with Gasteiger partial charge in [-0.15, -0.1) is 0 Å². The smallest absolute Gasteiger partial charge is 0.439 e. The van der Waals surface area contributed by atoms with E-state index in [0.29, 0.717) is 27.5 Å². The first-order valence-corrected chi connectivity index (χ1v) is 13.9. The lowest BCUT2D eigenvalue weighted by atomic mass is 9.98. The van der Waals surface area contributed by atoms with Crippen LogP contribution in [-0.4, -0.2) is 26.4 Å². The minimum Gasteiger partial charge on any atom is -0.487 e. The number of aromatic amines is 1. The fourth-order valence-corrected chi connectivity index (χ4v) is 6.16. The molecular weight excluding hydrogens is 540 g/mol. The van der Waals surface area contributed by atoms with Crippen LogP contribution in [0.4, 0.5) is 0 Å². The van der Waals surface area contributed by atoms with Gasteiger partial charge in [-0.25, -0.2) is 9.59 Å². The Bertz CT molecular complexity index is 2030. The van der Waals surface area contributed by atoms with Crippen molar-refractivity contribution in [2.75, 3.05) is 7.11 Å². The van der Waals surface area contributed by atoms with Crippen molar-refractivity contribution < 1.29 is 9.26 Å². The summed E-state index contributed by atoms with van der Waals surface area (Å²) in [6.45, 7) is 2.40. The summed E-state index contributed by atoms with van der Waals surface area (Å²) < 4.78 is 13.2. The molecule has 0 spiro atoms. The fraction of sp³-hybridized carbons (Fsp3) is 0.161. The zero-order valence-electron chi connectivity index (χ0n) is 22.4. The van der Waals surface area contributed by atoms with Crippen LogP contribution in [0.1, 0.15) is 16.7 Å². The molecule has 0 saturated heterocycles. The Morgan fingerprint density at radius 3 is 2.27 bits per heavy atom. The number of aryl methyl sites for hydroxylation is 2. The van der Waals surface area contributed by atoms with Gasteiger partial charge in [0, 0.05) is 17.7 Å². The summed E-state index contributed by atoms with van der Waals surface area (Å²) in [6.07, 6.45) is 0.562. The average Bonchev–Trinajstić information content (AvgIpc) is 3.58. The molecular formula is C31H26N4O5S. The summed E-state index contributed by atoms with van der Waals surface area (Å²) in [7, 11) is 1.57. The minimum absolute atomic E-state index is 0.273. The zero-order chi connectivity index (χ0) is 28.5. The number of fused-ring (bicyclic) bond motifs is 1. The molecule has 10 heteroatoms. The number of ether oxygens (including phenoxy) is 1. The van der Waals surface area contributed by atoms with Gasteiger partial charge in [0.1, 0.15) is 4.83 Å². The Kier molecular flexibility index (Phi) is 6.98. The van der Waals surface area contributed by atoms with Crippen molar-refractivity contribution in [3.05, 3.63) is 127 Å². The van der Waals surface area contributed by atoms with E-state index in [-0.39, 0.29) is 24.3 Å². The van der Waals surface area contributed by atoms with Gasteiger partial charge in [-0.2, -0.15) is 0 Å². The summed E-state index contributed by atoms with van der Waals surface area (Å²) in [5.41, 5.74) is 4.54. The van der Waals surface area contributed by atoms with Crippen LogP contribution in [-0.2, 0) is 19.5 Å². The van der Waals surface area contributed by atoms with E-state index in [4.69, 9.17) is 9.26 Å². The Balaban J connectivity index is 1.39. The molecule has 9 nitrogen and oxygen atoms in total. The van der Waals surface area contributed by atoms with Crippen LogP contribution in [0.15, 0.2) is 97.8 Å². The highest BCUT2D eigenvalue weighted by molar-refractivity contribution is 7.20. The standard InChI is InChI=1S/C31H26N4O5S/c1-19-25-27(36)34(17-16-20-8-4-3-5-9-20)31(38)35(28(25)41-29(19)39-2)18-21-12-14-22(15-13-21)23-10-6-7-11-24(23)26-32-30(37)40-33-26/h3-15H,16-18H2,1-2H3,(H,32,33,37). The molecule has 41 heavy (non-hydrogen) atoms. The summed E-state index contributed by atoms with van der Waals surface area (Å²) in [5, 5.41) is 4.95. The lowest BCUT2D eigenvalue weighted by molar-refractivity contribution is 0.388. The molecule has 0 radical (unpaired) electrons. The Labute approximate surface area is 237 Å². The van der Waals surface area contributed by atoms with Crippen molar-refractivity contribution in [3.8, 4) is 27.6 Å². The number of nitrogens with one attached hydrogen (secondary N) is 1. The molecule has 0 saturated carbocycles. The Morgan fingerprint density at radius 1 is 0.878 bits per heavy atom. The third-order valence-corrected chi connectivity index (χ3v) is 8.41. The van der Waals surface area contributed by atoms with E-state index in [1.807, 2.05) is 85.8 Å². The maximum absolute atomic E-state index is 13.8. The summed E-state index contributed by atoms with van der Waals surface area (Å²) in [5.74, 6) is -0.268. The molecule has 206 valence electrons. The van der Waals surface area contributed by atoms with Crippen molar-refractivity contribution in [1.82, 2.24) is 19.3 Å². The molecule has 0 bridgehead atoms. The van der Waals surface area contributed by atoms with Crippen LogP contribution >= 0.6 is 11.3 Å². The van der Waals surface area contributed by atoms with E-state index in [1.165, 1.54) is 15.9 Å². The Hall–Kier alpha value is -4.96. The molecule has 3 aromatic heterocycles. The molecule has 0 fully saturated rings. The average molecular weight is 567 g/mol. The van der Waals surface area contributed by atoms with Crippen molar-refractivity contribution in [2.45, 2.75) is 26.4 Å². The van der Waals surface area contributed by atoms with E-state index in [2.05, 4.69) is 10.1 Å². The number of hydrogen-bond donors (Lipinski definition) is 1. The minimum atomic E-state index is -0.618. The number of rotatable bonds is 8. The van der Waals surface area contributed by atoms with E-state index >= 15 is 0 Å². The largest absolute Gasteiger partial charge is 0.487 e. The number of hydrogen-bond acceptors (Lipinski definition) is 7. The molecule has 0 atom stereocenters. The van der Waals surface area contributed by atoms with Gasteiger partial charge in [-0.1, -0.05) is 95.4 Å². The predicted octanol–water partition coefficient (Wildman–Crippen LogP) is 4.84. The van der Waals surface area contributed by atoms with Gasteiger partial charge in [0.05, 0.1) is 19.0 Å². The van der Waals surface area contributed by atoms with Gasteiger partial charge in [-0.05, 0) is 35.6 Å². The maximum Gasteiger partial charge on any atom is 0.439 e. The van der Waals surface area contributed by atoms with Gasteiger partial charge in [0.15, 0.2) is 10.9 Å². The molecule has 0 aliphatic rings. The predicted molar refractivity (Wildman–Crippen MR) is 159 cm³/mol. The first kappa shape index (κ1) is 26.3. The van der Waals surface area contributed by atoms with Gasteiger partial charge in [0.2, 0.25) is 0 Å². The monoisotopic (exact) mass is 566 g/mol. The van der Waals surface area contributed by atoms with Crippen LogP contribution in [0.25, 0.3) is 32.7 Å². The molecule has 0 unspecified atom stereocenters. The van der Waals surface area contributed by atoms with Crippen LogP contribution < -0.4 is 21.7 Å². The van der Waals surface area contributed by atoms with Crippen LogP contribution in [0.2, 0.25) is 0 Å². The zero-order valence-corrected chi connectivity index (χ0v) is 23.2. The van der Waals surface area contributed by atoms with Crippen LogP contribution in [0.5, 0.6) is 5.06 Å². The lowest BCUT2D eigenvalue weighted by Crippen LogP contribution is -2.40. The van der Waals surface area contributed by atoms with Crippen molar-refractivity contribution >= 4 is 21.6 Å². The molecule has 0 aliphatic heterocycles. The van der Waals surface area contributed by atoms with E-state index in [1.54, 1.807) is 11.7 Å². The highest BCUT2D eigenvalue weighted by atomic mass is 32.1. The van der Waals surface area contributed by atoms with E-state index in [0.717, 1.165) is 33.4 Å². The highest BCUT2D eigenvalue weighted by Crippen LogP contribution is 2.35. The molecule has 6 rings (SSSR count).